The summed E-state index contributed by atoms with van der Waals surface area (Å²) in [5, 5.41) is 0.785. The van der Waals surface area contributed by atoms with Crippen LogP contribution in [0.1, 0.15) is 28.6 Å². The highest BCUT2D eigenvalue weighted by Gasteiger charge is 2.24. The van der Waals surface area contributed by atoms with Gasteiger partial charge in [0.1, 0.15) is 23.7 Å². The molecule has 0 aliphatic rings. The van der Waals surface area contributed by atoms with Gasteiger partial charge >= 0.3 is 5.97 Å². The second kappa shape index (κ2) is 10.5. The Labute approximate surface area is 225 Å². The summed E-state index contributed by atoms with van der Waals surface area (Å²) in [6, 6.07) is 17.0. The first-order valence-corrected chi connectivity index (χ1v) is 12.5. The summed E-state index contributed by atoms with van der Waals surface area (Å²) in [4.78, 5) is 30.3. The van der Waals surface area contributed by atoms with E-state index in [2.05, 4.69) is 4.98 Å². The summed E-state index contributed by atoms with van der Waals surface area (Å²) >= 11 is 0. The number of nitrogens with zero attached hydrogens (tertiary/aromatic N) is 3. The van der Waals surface area contributed by atoms with Crippen LogP contribution < -0.4 is 15.0 Å². The normalized spacial score (nSPS) is 11.1. The summed E-state index contributed by atoms with van der Waals surface area (Å²) in [7, 11) is 4.67. The van der Waals surface area contributed by atoms with Crippen molar-refractivity contribution in [2.45, 2.75) is 27.0 Å². The van der Waals surface area contributed by atoms with E-state index in [0.717, 1.165) is 33.5 Å². The fourth-order valence-electron chi connectivity index (χ4n) is 4.83. The molecule has 0 spiro atoms. The van der Waals surface area contributed by atoms with Crippen molar-refractivity contribution in [3.63, 3.8) is 0 Å². The van der Waals surface area contributed by atoms with Gasteiger partial charge < -0.3 is 23.3 Å². The molecule has 9 heteroatoms. The van der Waals surface area contributed by atoms with E-state index in [9.17, 15) is 9.59 Å². The Morgan fingerprint density at radius 2 is 1.69 bits per heavy atom. The number of methoxy groups -OCH3 is 2. The molecule has 3 aromatic heterocycles. The number of carbonyl (C=O) groups is 1. The molecular formula is C30H29N3O6. The number of ether oxygens (including phenoxy) is 3. The van der Waals surface area contributed by atoms with Crippen LogP contribution in [0.25, 0.3) is 33.3 Å². The number of aromatic nitrogens is 3. The van der Waals surface area contributed by atoms with Crippen LogP contribution in [0.5, 0.6) is 11.6 Å². The predicted octanol–water partition coefficient (Wildman–Crippen LogP) is 5.36. The van der Waals surface area contributed by atoms with Gasteiger partial charge in [0.15, 0.2) is 0 Å². The van der Waals surface area contributed by atoms with Crippen LogP contribution in [0.4, 0.5) is 0 Å². The van der Waals surface area contributed by atoms with Crippen LogP contribution in [0.3, 0.4) is 0 Å². The number of esters is 1. The average molecular weight is 528 g/mol. The largest absolute Gasteiger partial charge is 0.497 e. The standard InChI is InChI=1S/C30H29N3O6/c1-6-33-24(20-9-11-21(12-10-20)25-18(2)39-32(3)29(25)34)15-22-16-31-28(37-5)26(27(22)33)30(35)38-17-19-7-13-23(36-4)14-8-19/h7-16H,6,17H2,1-5H3. The Morgan fingerprint density at radius 1 is 1.00 bits per heavy atom. The highest BCUT2D eigenvalue weighted by molar-refractivity contribution is 6.06. The second-order valence-electron chi connectivity index (χ2n) is 9.05. The fraction of sp³-hybridized carbons (Fsp3) is 0.233. The molecule has 5 aromatic rings. The van der Waals surface area contributed by atoms with Gasteiger partial charge in [-0.25, -0.2) is 9.78 Å². The number of carbonyl (C=O) groups excluding carboxylic acids is 1. The van der Waals surface area contributed by atoms with Gasteiger partial charge in [0, 0.05) is 30.9 Å². The first-order chi connectivity index (χ1) is 18.9. The summed E-state index contributed by atoms with van der Waals surface area (Å²) in [5.74, 6) is 0.961. The second-order valence-corrected chi connectivity index (χ2v) is 9.05. The molecule has 2 aromatic carbocycles. The molecule has 200 valence electrons. The molecule has 0 amide bonds. The maximum Gasteiger partial charge on any atom is 0.346 e. The Balaban J connectivity index is 1.53. The van der Waals surface area contributed by atoms with E-state index in [1.165, 1.54) is 11.8 Å². The first kappa shape index (κ1) is 25.8. The Kier molecular flexibility index (Phi) is 6.98. The Morgan fingerprint density at radius 3 is 2.28 bits per heavy atom. The average Bonchev–Trinajstić information content (AvgIpc) is 3.46. The fourth-order valence-corrected chi connectivity index (χ4v) is 4.83. The number of rotatable bonds is 8. The van der Waals surface area contributed by atoms with E-state index in [-0.39, 0.29) is 23.6 Å². The molecule has 39 heavy (non-hydrogen) atoms. The van der Waals surface area contributed by atoms with E-state index in [1.807, 2.05) is 66.1 Å². The maximum atomic E-state index is 13.4. The summed E-state index contributed by atoms with van der Waals surface area (Å²) in [5.41, 5.74) is 4.73. The van der Waals surface area contributed by atoms with Crippen molar-refractivity contribution in [3.05, 3.63) is 88.0 Å². The number of aryl methyl sites for hydroxylation is 3. The maximum absolute atomic E-state index is 13.4. The minimum Gasteiger partial charge on any atom is -0.497 e. The van der Waals surface area contributed by atoms with Gasteiger partial charge in [-0.15, -0.1) is 0 Å². The van der Waals surface area contributed by atoms with E-state index in [4.69, 9.17) is 18.7 Å². The Bertz CT molecular complexity index is 1710. The molecular weight excluding hydrogens is 498 g/mol. The third-order valence-corrected chi connectivity index (χ3v) is 6.74. The molecule has 0 fully saturated rings. The van der Waals surface area contributed by atoms with Crippen molar-refractivity contribution in [2.75, 3.05) is 14.2 Å². The lowest BCUT2D eigenvalue weighted by atomic mass is 10.0. The lowest BCUT2D eigenvalue weighted by molar-refractivity contribution is 0.0470. The summed E-state index contributed by atoms with van der Waals surface area (Å²) in [6.07, 6.45) is 1.69. The van der Waals surface area contributed by atoms with Crippen molar-refractivity contribution in [2.24, 2.45) is 7.05 Å². The van der Waals surface area contributed by atoms with Gasteiger partial charge in [0.05, 0.1) is 25.3 Å². The van der Waals surface area contributed by atoms with Crippen LogP contribution in [0, 0.1) is 6.92 Å². The van der Waals surface area contributed by atoms with Crippen molar-refractivity contribution < 1.29 is 23.5 Å². The summed E-state index contributed by atoms with van der Waals surface area (Å²) in [6.45, 7) is 4.47. The SMILES string of the molecule is CCn1c(-c2ccc(-c3c(C)on(C)c3=O)cc2)cc2cnc(OC)c(C(=O)OCc3ccc(OC)cc3)c21. The van der Waals surface area contributed by atoms with Crippen molar-refractivity contribution in [3.8, 4) is 34.0 Å². The minimum atomic E-state index is -0.526. The molecule has 3 heterocycles. The van der Waals surface area contributed by atoms with Crippen molar-refractivity contribution in [1.82, 2.24) is 14.3 Å². The number of hydrogen-bond donors (Lipinski definition) is 0. The lowest BCUT2D eigenvalue weighted by Gasteiger charge is -2.13. The van der Waals surface area contributed by atoms with Crippen LogP contribution >= 0.6 is 0 Å². The number of pyridine rings is 1. The van der Waals surface area contributed by atoms with Crippen molar-refractivity contribution in [1.29, 1.82) is 0 Å². The molecule has 0 aliphatic carbocycles. The van der Waals surface area contributed by atoms with E-state index >= 15 is 0 Å². The van der Waals surface area contributed by atoms with Crippen LogP contribution in [-0.4, -0.2) is 34.5 Å². The molecule has 0 saturated carbocycles. The van der Waals surface area contributed by atoms with Gasteiger partial charge in [0.2, 0.25) is 5.88 Å². The van der Waals surface area contributed by atoms with Crippen molar-refractivity contribution >= 4 is 16.9 Å². The van der Waals surface area contributed by atoms with Gasteiger partial charge in [0.25, 0.3) is 5.56 Å². The zero-order chi connectivity index (χ0) is 27.7. The third-order valence-electron chi connectivity index (χ3n) is 6.74. The van der Waals surface area contributed by atoms with E-state index in [0.29, 0.717) is 23.4 Å². The lowest BCUT2D eigenvalue weighted by Crippen LogP contribution is -2.11. The zero-order valence-electron chi connectivity index (χ0n) is 22.5. The topological polar surface area (TPSA) is 97.7 Å². The van der Waals surface area contributed by atoms with Crippen LogP contribution in [0.15, 0.2) is 70.1 Å². The number of benzene rings is 2. The van der Waals surface area contributed by atoms with E-state index < -0.39 is 5.97 Å². The molecule has 0 atom stereocenters. The monoisotopic (exact) mass is 527 g/mol. The van der Waals surface area contributed by atoms with Gasteiger partial charge in [-0.05, 0) is 48.7 Å². The predicted molar refractivity (Wildman–Crippen MR) is 147 cm³/mol. The third kappa shape index (κ3) is 4.67. The molecule has 5 rings (SSSR count). The smallest absolute Gasteiger partial charge is 0.346 e. The number of fused-ring (bicyclic) bond motifs is 1. The molecule has 9 nitrogen and oxygen atoms in total. The quantitative estimate of drug-likeness (QED) is 0.250. The molecule has 0 radical (unpaired) electrons. The minimum absolute atomic E-state index is 0.0937. The van der Waals surface area contributed by atoms with E-state index in [1.54, 1.807) is 27.3 Å². The van der Waals surface area contributed by atoms with Gasteiger partial charge in [-0.3, -0.25) is 4.79 Å². The Hall–Kier alpha value is -4.79. The molecule has 0 N–H and O–H groups in total. The highest BCUT2D eigenvalue weighted by atomic mass is 16.5. The zero-order valence-corrected chi connectivity index (χ0v) is 22.5. The van der Waals surface area contributed by atoms with Gasteiger partial charge in [-0.2, -0.15) is 4.74 Å². The molecule has 0 bridgehead atoms. The number of hydrogen-bond acceptors (Lipinski definition) is 7. The molecule has 0 saturated heterocycles. The highest BCUT2D eigenvalue weighted by Crippen LogP contribution is 2.35. The van der Waals surface area contributed by atoms with Crippen LogP contribution in [0.2, 0.25) is 0 Å². The van der Waals surface area contributed by atoms with Crippen LogP contribution in [-0.2, 0) is 24.9 Å². The molecule has 0 aliphatic heterocycles. The first-order valence-electron chi connectivity index (χ1n) is 12.5. The summed E-state index contributed by atoms with van der Waals surface area (Å²) < 4.78 is 25.1. The molecule has 0 unspecified atom stereocenters. The van der Waals surface area contributed by atoms with Gasteiger partial charge in [-0.1, -0.05) is 36.4 Å².